The normalized spacial score (nSPS) is 19.8. The van der Waals surface area contributed by atoms with Gasteiger partial charge in [0, 0.05) is 19.8 Å². The van der Waals surface area contributed by atoms with Crippen LogP contribution >= 0.6 is 0 Å². The zero-order chi connectivity index (χ0) is 15.3. The van der Waals surface area contributed by atoms with Crippen LogP contribution in [0.5, 0.6) is 0 Å². The number of hydrogen-bond acceptors (Lipinski definition) is 2. The van der Waals surface area contributed by atoms with Gasteiger partial charge in [0.05, 0.1) is 5.56 Å². The Labute approximate surface area is 108 Å². The third-order valence-electron chi connectivity index (χ3n) is 2.85. The van der Waals surface area contributed by atoms with E-state index < -0.39 is 54.0 Å². The van der Waals surface area contributed by atoms with Crippen LogP contribution in [0, 0.1) is 0 Å². The quantitative estimate of drug-likeness (QED) is 0.854. The van der Waals surface area contributed by atoms with Crippen LogP contribution in [-0.2, 0) is 16.6 Å². The molecule has 10 heteroatoms. The maximum atomic E-state index is 13.7. The predicted octanol–water partition coefficient (Wildman–Crippen LogP) is 2.89. The summed E-state index contributed by atoms with van der Waals surface area (Å²) in [5.74, 6) is -8.53. The first kappa shape index (κ1) is 14.7. The Morgan fingerprint density at radius 2 is 1.80 bits per heavy atom. The minimum absolute atomic E-state index is 0.0201. The predicted molar refractivity (Wildman–Crippen MR) is 54.2 cm³/mol. The van der Waals surface area contributed by atoms with Gasteiger partial charge >= 0.3 is 0 Å². The monoisotopic (exact) mass is 301 g/mol. The van der Waals surface area contributed by atoms with Crippen molar-refractivity contribution in [2.24, 2.45) is 0 Å². The molecule has 0 saturated heterocycles. The Morgan fingerprint density at radius 3 is 2.30 bits per heavy atom. The Morgan fingerprint density at radius 1 is 1.25 bits per heavy atom. The highest BCUT2D eigenvalue weighted by atomic mass is 19.3. The van der Waals surface area contributed by atoms with Gasteiger partial charge in [-0.25, -0.2) is 23.0 Å². The first-order valence-electron chi connectivity index (χ1n) is 5.51. The second kappa shape index (κ2) is 4.38. The van der Waals surface area contributed by atoms with Crippen molar-refractivity contribution >= 4 is 5.91 Å². The van der Waals surface area contributed by atoms with Crippen LogP contribution in [-0.4, -0.2) is 15.8 Å². The number of carbonyl (C=O) groups is 1. The van der Waals surface area contributed by atoms with Crippen molar-refractivity contribution in [2.45, 2.75) is 38.0 Å². The number of aromatic nitrogens is 2. The number of fused-ring (bicyclic) bond motifs is 1. The maximum absolute atomic E-state index is 13.7. The van der Waals surface area contributed by atoms with Crippen molar-refractivity contribution < 1.29 is 31.1 Å². The van der Waals surface area contributed by atoms with E-state index in [1.54, 1.807) is 5.43 Å². The molecule has 0 fully saturated rings. The zero-order valence-electron chi connectivity index (χ0n) is 10.1. The van der Waals surface area contributed by atoms with E-state index in [9.17, 15) is 31.1 Å². The highest BCUT2D eigenvalue weighted by Gasteiger charge is 2.55. The Kier molecular flexibility index (Phi) is 3.22. The molecule has 0 radical (unpaired) electrons. The second-order valence-electron chi connectivity index (χ2n) is 4.40. The maximum Gasteiger partial charge on any atom is 0.292 e. The molecule has 1 amide bonds. The summed E-state index contributed by atoms with van der Waals surface area (Å²) in [5.41, 5.74) is -2.62. The molecule has 0 saturated carbocycles. The molecule has 20 heavy (non-hydrogen) atoms. The molecular weight excluding hydrogens is 292 g/mol. The van der Waals surface area contributed by atoms with Crippen LogP contribution in [0.4, 0.5) is 26.3 Å². The van der Waals surface area contributed by atoms with E-state index in [1.165, 1.54) is 0 Å². The van der Waals surface area contributed by atoms with E-state index >= 15 is 0 Å². The number of halogens is 6. The second-order valence-corrected chi connectivity index (χ2v) is 4.40. The molecule has 0 spiro atoms. The SMILES string of the molecule is CC(=O)Nn1nc(C(F)F)c2c1C(F)(F)CCC2(F)F. The van der Waals surface area contributed by atoms with E-state index in [1.807, 2.05) is 0 Å². The molecule has 112 valence electrons. The molecule has 0 aliphatic heterocycles. The Balaban J connectivity index is 2.72. The molecule has 1 aromatic rings. The van der Waals surface area contributed by atoms with Gasteiger partial charge in [0.2, 0.25) is 5.91 Å². The number of amides is 1. The largest absolute Gasteiger partial charge is 0.292 e. The van der Waals surface area contributed by atoms with Gasteiger partial charge < -0.3 is 0 Å². The van der Waals surface area contributed by atoms with Gasteiger partial charge in [-0.3, -0.25) is 4.79 Å². The number of rotatable bonds is 2. The van der Waals surface area contributed by atoms with Crippen molar-refractivity contribution in [3.63, 3.8) is 0 Å². The smallest absolute Gasteiger partial charge is 0.274 e. The van der Waals surface area contributed by atoms with Gasteiger partial charge in [0.25, 0.3) is 18.3 Å². The number of alkyl halides is 6. The van der Waals surface area contributed by atoms with E-state index in [-0.39, 0.29) is 4.79 Å². The summed E-state index contributed by atoms with van der Waals surface area (Å²) in [7, 11) is 0. The molecule has 0 bridgehead atoms. The first-order chi connectivity index (χ1) is 9.06. The van der Waals surface area contributed by atoms with E-state index in [0.717, 1.165) is 6.92 Å². The number of hydrogen-bond donors (Lipinski definition) is 1. The lowest BCUT2D eigenvalue weighted by Crippen LogP contribution is -2.35. The molecule has 2 rings (SSSR count). The Hall–Kier alpha value is -1.74. The molecule has 0 unspecified atom stereocenters. The van der Waals surface area contributed by atoms with Crippen LogP contribution in [0.1, 0.15) is 43.1 Å². The average molecular weight is 301 g/mol. The summed E-state index contributed by atoms with van der Waals surface area (Å²) in [4.78, 5) is 10.9. The number of carbonyl (C=O) groups excluding carboxylic acids is 1. The molecule has 1 heterocycles. The molecule has 4 nitrogen and oxygen atoms in total. The fraction of sp³-hybridized carbons (Fsp3) is 0.600. The molecular formula is C10H9F6N3O. The van der Waals surface area contributed by atoms with Gasteiger partial charge in [-0.15, -0.1) is 0 Å². The fourth-order valence-electron chi connectivity index (χ4n) is 2.07. The van der Waals surface area contributed by atoms with Crippen LogP contribution in [0.3, 0.4) is 0 Å². The van der Waals surface area contributed by atoms with Crippen LogP contribution in [0.2, 0.25) is 0 Å². The zero-order valence-corrected chi connectivity index (χ0v) is 10.1. The van der Waals surface area contributed by atoms with Crippen LogP contribution < -0.4 is 5.43 Å². The Bertz CT molecular complexity index is 553. The molecule has 1 aliphatic rings. The third kappa shape index (κ3) is 2.22. The van der Waals surface area contributed by atoms with Crippen molar-refractivity contribution in [1.82, 2.24) is 9.89 Å². The standard InChI is InChI=1S/C10H9F6N3O/c1-4(20)17-19-7-5(6(18-19)8(11)12)9(13,14)2-3-10(7,15)16/h8H,2-3H2,1H3,(H,17,20). The van der Waals surface area contributed by atoms with E-state index in [0.29, 0.717) is 0 Å². The van der Waals surface area contributed by atoms with E-state index in [4.69, 9.17) is 0 Å². The molecule has 0 aromatic carbocycles. The number of nitrogens with one attached hydrogen (secondary N) is 1. The van der Waals surface area contributed by atoms with Crippen LogP contribution in [0.15, 0.2) is 0 Å². The lowest BCUT2D eigenvalue weighted by atomic mass is 9.89. The van der Waals surface area contributed by atoms with Crippen LogP contribution in [0.25, 0.3) is 0 Å². The summed E-state index contributed by atoms with van der Waals surface area (Å²) in [6.07, 6.45) is -5.95. The van der Waals surface area contributed by atoms with Gasteiger partial charge in [-0.1, -0.05) is 0 Å². The molecule has 1 aromatic heterocycles. The molecule has 1 N–H and O–H groups in total. The van der Waals surface area contributed by atoms with Gasteiger partial charge in [0.15, 0.2) is 0 Å². The average Bonchev–Trinajstić information content (AvgIpc) is 2.66. The first-order valence-corrected chi connectivity index (χ1v) is 5.51. The van der Waals surface area contributed by atoms with Gasteiger partial charge in [0.1, 0.15) is 11.4 Å². The van der Waals surface area contributed by atoms with Gasteiger partial charge in [-0.2, -0.15) is 18.7 Å². The highest BCUT2D eigenvalue weighted by molar-refractivity contribution is 5.81. The van der Waals surface area contributed by atoms with Crippen molar-refractivity contribution in [2.75, 3.05) is 5.43 Å². The minimum atomic E-state index is -3.85. The lowest BCUT2D eigenvalue weighted by molar-refractivity contribution is -0.116. The summed E-state index contributed by atoms with van der Waals surface area (Å²) in [6, 6.07) is 0. The topological polar surface area (TPSA) is 46.9 Å². The van der Waals surface area contributed by atoms with Crippen molar-refractivity contribution in [3.05, 3.63) is 17.0 Å². The summed E-state index contributed by atoms with van der Waals surface area (Å²) >= 11 is 0. The minimum Gasteiger partial charge on any atom is -0.274 e. The lowest BCUT2D eigenvalue weighted by Gasteiger charge is -2.29. The van der Waals surface area contributed by atoms with Crippen molar-refractivity contribution in [3.8, 4) is 0 Å². The number of nitrogens with zero attached hydrogens (tertiary/aromatic N) is 2. The summed E-state index contributed by atoms with van der Waals surface area (Å²) in [5, 5.41) is 3.00. The van der Waals surface area contributed by atoms with Crippen molar-refractivity contribution in [1.29, 1.82) is 0 Å². The fourth-order valence-corrected chi connectivity index (χ4v) is 2.07. The molecule has 0 atom stereocenters. The summed E-state index contributed by atoms with van der Waals surface area (Å²) in [6.45, 7) is 0.912. The van der Waals surface area contributed by atoms with E-state index in [2.05, 4.69) is 5.10 Å². The highest BCUT2D eigenvalue weighted by Crippen LogP contribution is 2.51. The third-order valence-corrected chi connectivity index (χ3v) is 2.85. The molecule has 1 aliphatic carbocycles. The van der Waals surface area contributed by atoms with Gasteiger partial charge in [-0.05, 0) is 0 Å². The summed E-state index contributed by atoms with van der Waals surface area (Å²) < 4.78 is 80.3.